The molecule has 0 radical (unpaired) electrons. The molecule has 6 heteroatoms. The molecule has 0 bridgehead atoms. The van der Waals surface area contributed by atoms with Crippen LogP contribution in [0, 0.1) is 10.1 Å². The fourth-order valence-electron chi connectivity index (χ4n) is 2.02. The van der Waals surface area contributed by atoms with Crippen LogP contribution in [0.25, 0.3) is 0 Å². The molecule has 2 atom stereocenters. The molecule has 16 heavy (non-hydrogen) atoms. The Bertz CT molecular complexity index is 396. The Labute approximate surface area is 93.0 Å². The SMILES string of the molecule is NC1CCCC1Nc1cccnc1[N+](=O)[O-]. The number of aromatic nitrogens is 1. The van der Waals surface area contributed by atoms with E-state index in [2.05, 4.69) is 10.3 Å². The van der Waals surface area contributed by atoms with Crippen LogP contribution in [0.4, 0.5) is 11.5 Å². The second-order valence-electron chi connectivity index (χ2n) is 3.98. The van der Waals surface area contributed by atoms with Gasteiger partial charge in [-0.05, 0) is 41.3 Å². The molecule has 1 fully saturated rings. The number of rotatable bonds is 3. The van der Waals surface area contributed by atoms with Gasteiger partial charge in [-0.3, -0.25) is 0 Å². The Hall–Kier alpha value is -1.69. The van der Waals surface area contributed by atoms with Crippen LogP contribution < -0.4 is 11.1 Å². The van der Waals surface area contributed by atoms with Gasteiger partial charge < -0.3 is 21.2 Å². The number of nitrogens with two attached hydrogens (primary N) is 1. The first kappa shape index (κ1) is 10.8. The standard InChI is InChI=1S/C10H14N4O2/c11-7-3-1-4-8(7)13-9-5-2-6-12-10(9)14(15)16/h2,5-8,13H,1,3-4,11H2. The molecule has 86 valence electrons. The van der Waals surface area contributed by atoms with E-state index in [9.17, 15) is 10.1 Å². The van der Waals surface area contributed by atoms with Crippen molar-refractivity contribution >= 4 is 11.5 Å². The number of pyridine rings is 1. The van der Waals surface area contributed by atoms with Crippen molar-refractivity contribution in [2.45, 2.75) is 31.3 Å². The Morgan fingerprint density at radius 2 is 2.38 bits per heavy atom. The maximum absolute atomic E-state index is 10.7. The van der Waals surface area contributed by atoms with Gasteiger partial charge in [0.25, 0.3) is 0 Å². The lowest BCUT2D eigenvalue weighted by Crippen LogP contribution is -2.35. The van der Waals surface area contributed by atoms with Crippen molar-refractivity contribution < 1.29 is 4.92 Å². The Morgan fingerprint density at radius 1 is 1.56 bits per heavy atom. The van der Waals surface area contributed by atoms with Crippen molar-refractivity contribution in [2.75, 3.05) is 5.32 Å². The lowest BCUT2D eigenvalue weighted by atomic mass is 10.2. The van der Waals surface area contributed by atoms with Crippen LogP contribution >= 0.6 is 0 Å². The van der Waals surface area contributed by atoms with Crippen LogP contribution in [0.5, 0.6) is 0 Å². The molecule has 0 saturated heterocycles. The van der Waals surface area contributed by atoms with Gasteiger partial charge in [0, 0.05) is 12.1 Å². The van der Waals surface area contributed by atoms with E-state index >= 15 is 0 Å². The van der Waals surface area contributed by atoms with Crippen molar-refractivity contribution in [1.29, 1.82) is 0 Å². The average molecular weight is 222 g/mol. The zero-order chi connectivity index (χ0) is 11.5. The third kappa shape index (κ3) is 2.11. The minimum absolute atomic E-state index is 0.0693. The normalized spacial score (nSPS) is 24.3. The lowest BCUT2D eigenvalue weighted by molar-refractivity contribution is -0.388. The molecule has 0 spiro atoms. The van der Waals surface area contributed by atoms with E-state index in [1.54, 1.807) is 12.1 Å². The Morgan fingerprint density at radius 3 is 3.00 bits per heavy atom. The molecule has 1 aromatic heterocycles. The molecule has 0 aliphatic heterocycles. The van der Waals surface area contributed by atoms with Gasteiger partial charge >= 0.3 is 5.82 Å². The molecular weight excluding hydrogens is 208 g/mol. The second kappa shape index (κ2) is 4.44. The lowest BCUT2D eigenvalue weighted by Gasteiger charge is -2.17. The fourth-order valence-corrected chi connectivity index (χ4v) is 2.02. The van der Waals surface area contributed by atoms with Gasteiger partial charge in [-0.25, -0.2) is 0 Å². The molecule has 2 unspecified atom stereocenters. The number of anilines is 1. The zero-order valence-electron chi connectivity index (χ0n) is 8.80. The van der Waals surface area contributed by atoms with Crippen LogP contribution in [0.3, 0.4) is 0 Å². The molecule has 3 N–H and O–H groups in total. The van der Waals surface area contributed by atoms with Crippen LogP contribution in [0.15, 0.2) is 18.3 Å². The molecule has 0 aromatic carbocycles. The van der Waals surface area contributed by atoms with Crippen LogP contribution in [0.2, 0.25) is 0 Å². The summed E-state index contributed by atoms with van der Waals surface area (Å²) >= 11 is 0. The largest absolute Gasteiger partial charge is 0.386 e. The smallest absolute Gasteiger partial charge is 0.374 e. The average Bonchev–Trinajstić information content (AvgIpc) is 2.65. The molecule has 0 amide bonds. The summed E-state index contributed by atoms with van der Waals surface area (Å²) in [7, 11) is 0. The fraction of sp³-hybridized carbons (Fsp3) is 0.500. The van der Waals surface area contributed by atoms with Crippen molar-refractivity contribution in [1.82, 2.24) is 4.98 Å². The highest BCUT2D eigenvalue weighted by Crippen LogP contribution is 2.26. The summed E-state index contributed by atoms with van der Waals surface area (Å²) in [5, 5.41) is 13.9. The zero-order valence-corrected chi connectivity index (χ0v) is 8.80. The van der Waals surface area contributed by atoms with Gasteiger partial charge in [-0.1, -0.05) is 0 Å². The van der Waals surface area contributed by atoms with Gasteiger partial charge in [0.15, 0.2) is 0 Å². The first-order valence-electron chi connectivity index (χ1n) is 5.30. The van der Waals surface area contributed by atoms with E-state index in [4.69, 9.17) is 5.73 Å². The minimum Gasteiger partial charge on any atom is -0.374 e. The Kier molecular flexibility index (Phi) is 3.00. The van der Waals surface area contributed by atoms with Gasteiger partial charge in [0.1, 0.15) is 11.9 Å². The summed E-state index contributed by atoms with van der Waals surface area (Å²) in [6, 6.07) is 3.52. The van der Waals surface area contributed by atoms with Gasteiger partial charge in [-0.15, -0.1) is 0 Å². The third-order valence-corrected chi connectivity index (χ3v) is 2.87. The Balaban J connectivity index is 2.17. The number of nitrogens with one attached hydrogen (secondary N) is 1. The molecule has 2 rings (SSSR count). The number of hydrogen-bond acceptors (Lipinski definition) is 5. The monoisotopic (exact) mass is 222 g/mol. The van der Waals surface area contributed by atoms with Crippen LogP contribution in [0.1, 0.15) is 19.3 Å². The molecule has 6 nitrogen and oxygen atoms in total. The summed E-state index contributed by atoms with van der Waals surface area (Å²) in [4.78, 5) is 14.0. The maximum atomic E-state index is 10.7. The molecule has 1 aliphatic rings. The molecule has 1 aliphatic carbocycles. The van der Waals surface area contributed by atoms with E-state index < -0.39 is 4.92 Å². The van der Waals surface area contributed by atoms with Crippen molar-refractivity contribution in [3.05, 3.63) is 28.4 Å². The van der Waals surface area contributed by atoms with Gasteiger partial charge in [-0.2, -0.15) is 0 Å². The quantitative estimate of drug-likeness (QED) is 0.593. The van der Waals surface area contributed by atoms with E-state index in [1.807, 2.05) is 0 Å². The molecular formula is C10H14N4O2. The van der Waals surface area contributed by atoms with E-state index in [1.165, 1.54) is 6.20 Å². The van der Waals surface area contributed by atoms with Gasteiger partial charge in [0.05, 0.1) is 0 Å². The maximum Gasteiger partial charge on any atom is 0.386 e. The molecule has 1 saturated carbocycles. The van der Waals surface area contributed by atoms with Crippen LogP contribution in [-0.4, -0.2) is 22.0 Å². The highest BCUT2D eigenvalue weighted by molar-refractivity contribution is 5.57. The van der Waals surface area contributed by atoms with E-state index in [0.29, 0.717) is 5.69 Å². The third-order valence-electron chi connectivity index (χ3n) is 2.87. The highest BCUT2D eigenvalue weighted by atomic mass is 16.6. The number of hydrogen-bond donors (Lipinski definition) is 2. The summed E-state index contributed by atoms with van der Waals surface area (Å²) < 4.78 is 0. The summed E-state index contributed by atoms with van der Waals surface area (Å²) in [6.45, 7) is 0. The van der Waals surface area contributed by atoms with E-state index in [0.717, 1.165) is 19.3 Å². The molecule has 1 aromatic rings. The van der Waals surface area contributed by atoms with Crippen molar-refractivity contribution in [3.63, 3.8) is 0 Å². The topological polar surface area (TPSA) is 94.1 Å². The minimum atomic E-state index is -0.483. The summed E-state index contributed by atoms with van der Waals surface area (Å²) in [5.41, 5.74) is 6.35. The molecule has 1 heterocycles. The number of nitro groups is 1. The van der Waals surface area contributed by atoms with Crippen LogP contribution in [-0.2, 0) is 0 Å². The highest BCUT2D eigenvalue weighted by Gasteiger charge is 2.26. The van der Waals surface area contributed by atoms with Gasteiger partial charge in [0.2, 0.25) is 0 Å². The summed E-state index contributed by atoms with van der Waals surface area (Å²) in [6.07, 6.45) is 4.39. The van der Waals surface area contributed by atoms with E-state index in [-0.39, 0.29) is 17.9 Å². The first-order valence-corrected chi connectivity index (χ1v) is 5.30. The predicted octanol–water partition coefficient (Wildman–Crippen LogP) is 1.28. The predicted molar refractivity (Wildman–Crippen MR) is 60.1 cm³/mol. The summed E-state index contributed by atoms with van der Waals surface area (Å²) in [5.74, 6) is -0.137. The number of nitrogens with zero attached hydrogens (tertiary/aromatic N) is 2. The first-order chi connectivity index (χ1) is 7.68. The second-order valence-corrected chi connectivity index (χ2v) is 3.98. The van der Waals surface area contributed by atoms with Crippen molar-refractivity contribution in [3.8, 4) is 0 Å². The van der Waals surface area contributed by atoms with Crippen molar-refractivity contribution in [2.24, 2.45) is 5.73 Å².